The van der Waals surface area contributed by atoms with Crippen LogP contribution in [0.3, 0.4) is 0 Å². The van der Waals surface area contributed by atoms with E-state index in [1.165, 1.54) is 0 Å². The molecule has 19 heavy (non-hydrogen) atoms. The molecule has 1 aromatic heterocycles. The van der Waals surface area contributed by atoms with Gasteiger partial charge in [-0.3, -0.25) is 0 Å². The number of hydrogen-bond acceptors (Lipinski definition) is 4. The molecule has 2 heterocycles. The second kappa shape index (κ2) is 5.22. The van der Waals surface area contributed by atoms with Crippen LogP contribution >= 0.6 is 0 Å². The summed E-state index contributed by atoms with van der Waals surface area (Å²) in [6, 6.07) is 6.23. The number of benzene rings is 1. The highest BCUT2D eigenvalue weighted by Gasteiger charge is 2.19. The van der Waals surface area contributed by atoms with E-state index in [9.17, 15) is 0 Å². The first-order chi connectivity index (χ1) is 9.36. The van der Waals surface area contributed by atoms with Crippen molar-refractivity contribution in [2.24, 2.45) is 0 Å². The van der Waals surface area contributed by atoms with E-state index < -0.39 is 0 Å². The molecule has 1 aliphatic rings. The molecule has 2 N–H and O–H groups in total. The first kappa shape index (κ1) is 11.9. The van der Waals surface area contributed by atoms with Crippen molar-refractivity contribution in [3.05, 3.63) is 36.4 Å². The van der Waals surface area contributed by atoms with E-state index in [2.05, 4.69) is 39.2 Å². The summed E-state index contributed by atoms with van der Waals surface area (Å²) < 4.78 is 5.71. The molecule has 0 atom stereocenters. The van der Waals surface area contributed by atoms with E-state index >= 15 is 0 Å². The Labute approximate surface area is 112 Å². The molecular weight excluding hydrogens is 240 g/mol. The van der Waals surface area contributed by atoms with Gasteiger partial charge in [0.05, 0.1) is 30.8 Å². The van der Waals surface area contributed by atoms with Crippen LogP contribution in [0.5, 0.6) is 5.75 Å². The summed E-state index contributed by atoms with van der Waals surface area (Å²) in [5, 5.41) is 3.33. The fourth-order valence-corrected chi connectivity index (χ4v) is 2.32. The molecule has 0 unspecified atom stereocenters. The van der Waals surface area contributed by atoms with Crippen LogP contribution in [-0.4, -0.2) is 29.7 Å². The Hall–Kier alpha value is -2.17. The number of aromatic amines is 1. The first-order valence-corrected chi connectivity index (χ1v) is 6.60. The minimum Gasteiger partial charge on any atom is -0.490 e. The number of nitrogens with one attached hydrogen (secondary N) is 2. The number of H-pyrrole nitrogens is 1. The maximum absolute atomic E-state index is 5.71. The highest BCUT2D eigenvalue weighted by Crippen LogP contribution is 2.34. The van der Waals surface area contributed by atoms with Crippen LogP contribution in [0.4, 0.5) is 11.4 Å². The molecule has 100 valence electrons. The second-order valence-electron chi connectivity index (χ2n) is 4.54. The van der Waals surface area contributed by atoms with Crippen molar-refractivity contribution in [2.75, 3.05) is 29.9 Å². The first-order valence-electron chi connectivity index (χ1n) is 6.60. The predicted molar refractivity (Wildman–Crippen MR) is 75.7 cm³/mol. The number of imidazole rings is 1. The third-order valence-electron chi connectivity index (χ3n) is 3.21. The number of hydrogen-bond donors (Lipinski definition) is 2. The minimum atomic E-state index is 0.720. The van der Waals surface area contributed by atoms with Gasteiger partial charge in [-0.25, -0.2) is 4.98 Å². The average Bonchev–Trinajstić information content (AvgIpc) is 2.93. The van der Waals surface area contributed by atoms with E-state index in [0.29, 0.717) is 0 Å². The highest BCUT2D eigenvalue weighted by atomic mass is 16.5. The van der Waals surface area contributed by atoms with Gasteiger partial charge in [-0.15, -0.1) is 0 Å². The Bertz CT molecular complexity index is 538. The lowest BCUT2D eigenvalue weighted by Gasteiger charge is -2.31. The molecule has 0 aliphatic carbocycles. The van der Waals surface area contributed by atoms with Crippen molar-refractivity contribution in [1.82, 2.24) is 9.97 Å². The van der Waals surface area contributed by atoms with Gasteiger partial charge in [0.15, 0.2) is 0 Å². The number of ether oxygens (including phenoxy) is 1. The summed E-state index contributed by atoms with van der Waals surface area (Å²) in [5.41, 5.74) is 3.30. The number of nitrogens with zero attached hydrogens (tertiary/aromatic N) is 2. The van der Waals surface area contributed by atoms with E-state index in [1.807, 2.05) is 12.3 Å². The van der Waals surface area contributed by atoms with Crippen molar-refractivity contribution in [1.29, 1.82) is 0 Å². The highest BCUT2D eigenvalue weighted by molar-refractivity contribution is 5.67. The average molecular weight is 258 g/mol. The maximum Gasteiger partial charge on any atom is 0.142 e. The van der Waals surface area contributed by atoms with E-state index in [0.717, 1.165) is 49.1 Å². The standard InChI is InChI=1S/C14H18N4O/c1-2-16-11-3-4-14-13(7-11)18(5-6-19-14)9-12-8-15-10-17-12/h3-4,7-8,10,16H,2,5-6,9H2,1H3,(H,15,17). The topological polar surface area (TPSA) is 53.2 Å². The molecule has 0 radical (unpaired) electrons. The van der Waals surface area contributed by atoms with E-state index in [-0.39, 0.29) is 0 Å². The summed E-state index contributed by atoms with van der Waals surface area (Å²) in [6.07, 6.45) is 3.65. The number of fused-ring (bicyclic) bond motifs is 1. The molecule has 5 heteroatoms. The number of rotatable bonds is 4. The van der Waals surface area contributed by atoms with Gasteiger partial charge in [0.2, 0.25) is 0 Å². The van der Waals surface area contributed by atoms with Gasteiger partial charge in [0.1, 0.15) is 12.4 Å². The zero-order valence-electron chi connectivity index (χ0n) is 11.0. The van der Waals surface area contributed by atoms with E-state index in [1.54, 1.807) is 6.33 Å². The number of anilines is 2. The van der Waals surface area contributed by atoms with Crippen LogP contribution in [0.1, 0.15) is 12.6 Å². The lowest BCUT2D eigenvalue weighted by molar-refractivity contribution is 0.307. The van der Waals surface area contributed by atoms with Gasteiger partial charge in [-0.1, -0.05) is 0 Å². The number of aromatic nitrogens is 2. The zero-order chi connectivity index (χ0) is 13.1. The van der Waals surface area contributed by atoms with Gasteiger partial charge >= 0.3 is 0 Å². The summed E-state index contributed by atoms with van der Waals surface area (Å²) in [4.78, 5) is 9.58. The smallest absolute Gasteiger partial charge is 0.142 e. The minimum absolute atomic E-state index is 0.720. The molecule has 1 aliphatic heterocycles. The van der Waals surface area contributed by atoms with Gasteiger partial charge in [-0.2, -0.15) is 0 Å². The van der Waals surface area contributed by atoms with Crippen molar-refractivity contribution in [3.8, 4) is 5.75 Å². The van der Waals surface area contributed by atoms with Crippen molar-refractivity contribution in [3.63, 3.8) is 0 Å². The van der Waals surface area contributed by atoms with Crippen LogP contribution in [0.25, 0.3) is 0 Å². The molecule has 0 saturated heterocycles. The molecule has 0 amide bonds. The van der Waals surface area contributed by atoms with Crippen LogP contribution < -0.4 is 15.0 Å². The van der Waals surface area contributed by atoms with Crippen molar-refractivity contribution >= 4 is 11.4 Å². The molecule has 0 saturated carbocycles. The Kier molecular flexibility index (Phi) is 3.27. The Balaban J connectivity index is 1.86. The van der Waals surface area contributed by atoms with Crippen LogP contribution in [0.15, 0.2) is 30.7 Å². The molecular formula is C14H18N4O. The molecule has 5 nitrogen and oxygen atoms in total. The second-order valence-corrected chi connectivity index (χ2v) is 4.54. The largest absolute Gasteiger partial charge is 0.490 e. The van der Waals surface area contributed by atoms with Crippen molar-refractivity contribution in [2.45, 2.75) is 13.5 Å². The van der Waals surface area contributed by atoms with Gasteiger partial charge < -0.3 is 19.9 Å². The van der Waals surface area contributed by atoms with Gasteiger partial charge in [-0.05, 0) is 25.1 Å². The molecule has 0 spiro atoms. The Morgan fingerprint density at radius 2 is 2.42 bits per heavy atom. The normalized spacial score (nSPS) is 13.8. The third kappa shape index (κ3) is 2.50. The third-order valence-corrected chi connectivity index (χ3v) is 3.21. The summed E-state index contributed by atoms with van der Waals surface area (Å²) in [6.45, 7) is 5.42. The molecule has 0 fully saturated rings. The van der Waals surface area contributed by atoms with Crippen molar-refractivity contribution < 1.29 is 4.74 Å². The summed E-state index contributed by atoms with van der Waals surface area (Å²) in [5.74, 6) is 0.948. The molecule has 0 bridgehead atoms. The monoisotopic (exact) mass is 258 g/mol. The summed E-state index contributed by atoms with van der Waals surface area (Å²) in [7, 11) is 0. The van der Waals surface area contributed by atoms with Crippen LogP contribution in [0.2, 0.25) is 0 Å². The Morgan fingerprint density at radius 1 is 1.47 bits per heavy atom. The molecule has 3 rings (SSSR count). The molecule has 2 aromatic rings. The lowest BCUT2D eigenvalue weighted by atomic mass is 10.2. The SMILES string of the molecule is CCNc1ccc2c(c1)N(Cc1c[nH]cn1)CCO2. The van der Waals surface area contributed by atoms with E-state index in [4.69, 9.17) is 4.74 Å². The summed E-state index contributed by atoms with van der Waals surface area (Å²) >= 11 is 0. The predicted octanol–water partition coefficient (Wildman–Crippen LogP) is 2.24. The zero-order valence-corrected chi connectivity index (χ0v) is 11.0. The fourth-order valence-electron chi connectivity index (χ4n) is 2.32. The Morgan fingerprint density at radius 3 is 3.21 bits per heavy atom. The maximum atomic E-state index is 5.71. The van der Waals surface area contributed by atoms with Gasteiger partial charge in [0, 0.05) is 18.4 Å². The molecule has 1 aromatic carbocycles. The fraction of sp³-hybridized carbons (Fsp3) is 0.357. The lowest BCUT2D eigenvalue weighted by Crippen LogP contribution is -2.32. The van der Waals surface area contributed by atoms with Crippen LogP contribution in [0, 0.1) is 0 Å². The quantitative estimate of drug-likeness (QED) is 0.883. The van der Waals surface area contributed by atoms with Crippen LogP contribution in [-0.2, 0) is 6.54 Å². The van der Waals surface area contributed by atoms with Gasteiger partial charge in [0.25, 0.3) is 0 Å².